The van der Waals surface area contributed by atoms with Crippen molar-refractivity contribution in [1.29, 1.82) is 0 Å². The Bertz CT molecular complexity index is 500. The maximum Gasteiger partial charge on any atom is 0.244 e. The number of rotatable bonds is 3. The average Bonchev–Trinajstić information content (AvgIpc) is 2.64. The van der Waals surface area contributed by atoms with Crippen LogP contribution in [0.25, 0.3) is 0 Å². The van der Waals surface area contributed by atoms with Crippen molar-refractivity contribution in [1.82, 2.24) is 14.9 Å². The van der Waals surface area contributed by atoms with Crippen LogP contribution in [0.2, 0.25) is 0 Å². The Morgan fingerprint density at radius 3 is 2.78 bits per heavy atom. The molecule has 0 radical (unpaired) electrons. The van der Waals surface area contributed by atoms with Crippen LogP contribution in [0, 0.1) is 6.92 Å². The second kappa shape index (κ2) is 5.59. The lowest BCUT2D eigenvalue weighted by Gasteiger charge is -2.20. The van der Waals surface area contributed by atoms with Crippen LogP contribution in [-0.2, 0) is 10.0 Å². The number of aryl methyl sites for hydroxylation is 1. The monoisotopic (exact) mass is 291 g/mol. The molecule has 0 spiro atoms. The number of halogens is 1. The number of hydrogen-bond acceptors (Lipinski definition) is 3. The average molecular weight is 292 g/mol. The molecular weight excluding hydrogens is 274 g/mol. The standard InChI is InChI=1S/C11H18ClN3O2S/c1-8-11(7-13-14-8)18(16,17)15-10-6-4-2-3-5-9(10)12/h7,9-10,15H,2-6H2,1H3,(H,13,14). The minimum Gasteiger partial charge on any atom is -0.281 e. The van der Waals surface area contributed by atoms with E-state index < -0.39 is 10.0 Å². The van der Waals surface area contributed by atoms with Gasteiger partial charge in [-0.05, 0) is 19.8 Å². The highest BCUT2D eigenvalue weighted by molar-refractivity contribution is 7.89. The normalized spacial score (nSPS) is 25.9. The lowest BCUT2D eigenvalue weighted by atomic mass is 10.1. The maximum absolute atomic E-state index is 12.2. The van der Waals surface area contributed by atoms with Crippen LogP contribution in [0.5, 0.6) is 0 Å². The molecule has 5 nitrogen and oxygen atoms in total. The Hall–Kier alpha value is -0.590. The molecule has 0 bridgehead atoms. The molecule has 2 rings (SSSR count). The molecule has 1 saturated carbocycles. The van der Waals surface area contributed by atoms with E-state index in [1.807, 2.05) is 0 Å². The smallest absolute Gasteiger partial charge is 0.244 e. The number of sulfonamides is 1. The molecule has 2 N–H and O–H groups in total. The van der Waals surface area contributed by atoms with Crippen LogP contribution in [0.15, 0.2) is 11.1 Å². The first-order chi connectivity index (χ1) is 8.50. The predicted octanol–water partition coefficient (Wildman–Crippen LogP) is 1.94. The molecule has 2 unspecified atom stereocenters. The first kappa shape index (κ1) is 13.8. The van der Waals surface area contributed by atoms with Gasteiger partial charge >= 0.3 is 0 Å². The van der Waals surface area contributed by atoms with Crippen molar-refractivity contribution in [3.8, 4) is 0 Å². The van der Waals surface area contributed by atoms with Crippen molar-refractivity contribution >= 4 is 21.6 Å². The molecule has 1 fully saturated rings. The summed E-state index contributed by atoms with van der Waals surface area (Å²) in [5, 5.41) is 6.24. The summed E-state index contributed by atoms with van der Waals surface area (Å²) in [5.41, 5.74) is 0.544. The summed E-state index contributed by atoms with van der Waals surface area (Å²) in [6.07, 6.45) is 6.19. The Labute approximate surface area is 112 Å². The lowest BCUT2D eigenvalue weighted by Crippen LogP contribution is -2.40. The first-order valence-electron chi connectivity index (χ1n) is 6.17. The quantitative estimate of drug-likeness (QED) is 0.660. The van der Waals surface area contributed by atoms with Gasteiger partial charge in [-0.15, -0.1) is 11.6 Å². The van der Waals surface area contributed by atoms with Crippen LogP contribution in [-0.4, -0.2) is 30.0 Å². The lowest BCUT2D eigenvalue weighted by molar-refractivity contribution is 0.514. The Morgan fingerprint density at radius 2 is 2.11 bits per heavy atom. The number of alkyl halides is 1. The molecular formula is C11H18ClN3O2S. The molecule has 2 atom stereocenters. The van der Waals surface area contributed by atoms with Gasteiger partial charge in [0.1, 0.15) is 4.90 Å². The van der Waals surface area contributed by atoms with E-state index in [2.05, 4.69) is 14.9 Å². The van der Waals surface area contributed by atoms with Crippen molar-refractivity contribution < 1.29 is 8.42 Å². The summed E-state index contributed by atoms with van der Waals surface area (Å²) >= 11 is 6.24. The fourth-order valence-electron chi connectivity index (χ4n) is 2.27. The van der Waals surface area contributed by atoms with Gasteiger partial charge in [-0.1, -0.05) is 19.3 Å². The van der Waals surface area contributed by atoms with Crippen molar-refractivity contribution in [3.05, 3.63) is 11.9 Å². The Morgan fingerprint density at radius 1 is 1.39 bits per heavy atom. The van der Waals surface area contributed by atoms with E-state index in [1.54, 1.807) is 6.92 Å². The van der Waals surface area contributed by atoms with Gasteiger partial charge in [0.15, 0.2) is 0 Å². The van der Waals surface area contributed by atoms with Crippen molar-refractivity contribution in [2.24, 2.45) is 0 Å². The molecule has 7 heteroatoms. The molecule has 102 valence electrons. The van der Waals surface area contributed by atoms with Crippen LogP contribution in [0.1, 0.15) is 37.8 Å². The number of nitrogens with zero attached hydrogens (tertiary/aromatic N) is 1. The van der Waals surface area contributed by atoms with E-state index in [9.17, 15) is 8.42 Å². The Balaban J connectivity index is 2.15. The van der Waals surface area contributed by atoms with Crippen molar-refractivity contribution in [3.63, 3.8) is 0 Å². The molecule has 0 saturated heterocycles. The number of H-pyrrole nitrogens is 1. The highest BCUT2D eigenvalue weighted by Gasteiger charge is 2.28. The second-order valence-electron chi connectivity index (χ2n) is 4.74. The van der Waals surface area contributed by atoms with Crippen molar-refractivity contribution in [2.45, 2.75) is 55.3 Å². The highest BCUT2D eigenvalue weighted by Crippen LogP contribution is 2.24. The fourth-order valence-corrected chi connectivity index (χ4v) is 4.13. The molecule has 18 heavy (non-hydrogen) atoms. The topological polar surface area (TPSA) is 74.8 Å². The van der Waals surface area contributed by atoms with Crippen LogP contribution in [0.4, 0.5) is 0 Å². The van der Waals surface area contributed by atoms with Crippen LogP contribution in [0.3, 0.4) is 0 Å². The molecule has 1 aromatic heterocycles. The van der Waals surface area contributed by atoms with Gasteiger partial charge in [-0.3, -0.25) is 5.10 Å². The summed E-state index contributed by atoms with van der Waals surface area (Å²) in [6.45, 7) is 1.69. The molecule has 1 aliphatic rings. The third-order valence-corrected chi connectivity index (χ3v) is 5.44. The number of aromatic amines is 1. The molecule has 1 heterocycles. The zero-order valence-corrected chi connectivity index (χ0v) is 11.9. The van der Waals surface area contributed by atoms with Gasteiger partial charge in [0, 0.05) is 11.4 Å². The van der Waals surface area contributed by atoms with Gasteiger partial charge in [-0.25, -0.2) is 13.1 Å². The second-order valence-corrected chi connectivity index (χ2v) is 6.98. The van der Waals surface area contributed by atoms with E-state index >= 15 is 0 Å². The molecule has 0 amide bonds. The summed E-state index contributed by atoms with van der Waals surface area (Å²) in [6, 6.07) is -0.187. The van der Waals surface area contributed by atoms with Gasteiger partial charge in [0.05, 0.1) is 11.9 Å². The number of nitrogens with one attached hydrogen (secondary N) is 2. The highest BCUT2D eigenvalue weighted by atomic mass is 35.5. The molecule has 0 aromatic carbocycles. The summed E-state index contributed by atoms with van der Waals surface area (Å²) in [5.74, 6) is 0. The maximum atomic E-state index is 12.2. The van der Waals surface area contributed by atoms with Gasteiger partial charge in [0.2, 0.25) is 10.0 Å². The zero-order valence-electron chi connectivity index (χ0n) is 10.3. The SMILES string of the molecule is Cc1[nH]ncc1S(=O)(=O)NC1CCCCCC1Cl. The van der Waals surface area contributed by atoms with E-state index in [1.165, 1.54) is 6.20 Å². The zero-order chi connectivity index (χ0) is 13.2. The number of hydrogen-bond donors (Lipinski definition) is 2. The van der Waals surface area contributed by atoms with Crippen LogP contribution >= 0.6 is 11.6 Å². The third kappa shape index (κ3) is 3.05. The summed E-state index contributed by atoms with van der Waals surface area (Å²) in [7, 11) is -3.52. The third-order valence-electron chi connectivity index (χ3n) is 3.31. The van der Waals surface area contributed by atoms with E-state index in [-0.39, 0.29) is 16.3 Å². The van der Waals surface area contributed by atoms with Crippen molar-refractivity contribution in [2.75, 3.05) is 0 Å². The fraction of sp³-hybridized carbons (Fsp3) is 0.727. The van der Waals surface area contributed by atoms with Crippen LogP contribution < -0.4 is 4.72 Å². The molecule has 0 aliphatic heterocycles. The predicted molar refractivity (Wildman–Crippen MR) is 70.2 cm³/mol. The molecule has 1 aliphatic carbocycles. The van der Waals surface area contributed by atoms with Gasteiger partial charge in [0.25, 0.3) is 0 Å². The largest absolute Gasteiger partial charge is 0.281 e. The summed E-state index contributed by atoms with van der Waals surface area (Å²) in [4.78, 5) is 0.204. The number of aromatic nitrogens is 2. The van der Waals surface area contributed by atoms with E-state index in [4.69, 9.17) is 11.6 Å². The van der Waals surface area contributed by atoms with Gasteiger partial charge < -0.3 is 0 Å². The minimum atomic E-state index is -3.52. The minimum absolute atomic E-state index is 0.130. The Kier molecular flexibility index (Phi) is 4.29. The van der Waals surface area contributed by atoms with E-state index in [0.717, 1.165) is 32.1 Å². The first-order valence-corrected chi connectivity index (χ1v) is 8.09. The molecule has 1 aromatic rings. The summed E-state index contributed by atoms with van der Waals surface area (Å²) < 4.78 is 27.1. The van der Waals surface area contributed by atoms with Gasteiger partial charge in [-0.2, -0.15) is 5.10 Å². The van der Waals surface area contributed by atoms with E-state index in [0.29, 0.717) is 5.69 Å².